The number of hydrogen-bond acceptors (Lipinski definition) is 4. The first-order valence-corrected chi connectivity index (χ1v) is 13.2. The molecule has 2 aromatic heterocycles. The quantitative estimate of drug-likeness (QED) is 0.261. The Bertz CT molecular complexity index is 1550. The van der Waals surface area contributed by atoms with E-state index in [0.29, 0.717) is 29.3 Å². The minimum atomic E-state index is -3.61. The van der Waals surface area contributed by atoms with Crippen molar-refractivity contribution in [3.05, 3.63) is 87.7 Å². The van der Waals surface area contributed by atoms with Gasteiger partial charge in [-0.2, -0.15) is 13.9 Å². The highest BCUT2D eigenvalue weighted by Gasteiger charge is 2.38. The Morgan fingerprint density at radius 3 is 2.40 bits per heavy atom. The van der Waals surface area contributed by atoms with Gasteiger partial charge in [-0.05, 0) is 47.9 Å². The van der Waals surface area contributed by atoms with Crippen molar-refractivity contribution >= 4 is 28.4 Å². The van der Waals surface area contributed by atoms with Crippen molar-refractivity contribution in [2.45, 2.75) is 52.7 Å². The smallest absolute Gasteiger partial charge is 0.321 e. The van der Waals surface area contributed by atoms with Crippen molar-refractivity contribution in [2.75, 3.05) is 0 Å². The number of carbonyl (C=O) groups excluding carboxylic acids is 1. The second kappa shape index (κ2) is 12.6. The molecule has 4 rings (SSSR count). The number of benzene rings is 2. The summed E-state index contributed by atoms with van der Waals surface area (Å²) in [7, 11) is 1.64. The molecule has 0 radical (unpaired) electrons. The van der Waals surface area contributed by atoms with Gasteiger partial charge >= 0.3 is 5.92 Å². The van der Waals surface area contributed by atoms with Crippen LogP contribution in [0, 0.1) is 11.7 Å². The number of aryl methyl sites for hydroxylation is 1. The molecule has 0 aliphatic carbocycles. The van der Waals surface area contributed by atoms with Gasteiger partial charge in [-0.3, -0.25) is 9.59 Å². The van der Waals surface area contributed by atoms with Gasteiger partial charge in [-0.1, -0.05) is 45.4 Å². The van der Waals surface area contributed by atoms with Gasteiger partial charge in [0.2, 0.25) is 5.56 Å². The highest BCUT2D eigenvalue weighted by molar-refractivity contribution is 6.30. The van der Waals surface area contributed by atoms with Crippen molar-refractivity contribution < 1.29 is 22.7 Å². The molecule has 0 saturated heterocycles. The fourth-order valence-electron chi connectivity index (χ4n) is 4.05. The maximum Gasteiger partial charge on any atom is 0.321 e. The zero-order valence-corrected chi connectivity index (χ0v) is 23.8. The molecule has 0 fully saturated rings. The van der Waals surface area contributed by atoms with Crippen LogP contribution in [0.3, 0.4) is 0 Å². The zero-order chi connectivity index (χ0) is 29.8. The van der Waals surface area contributed by atoms with Gasteiger partial charge in [0.1, 0.15) is 17.7 Å². The molecule has 214 valence electrons. The number of aromatic nitrogens is 3. The molecule has 0 aliphatic heterocycles. The standard InChI is InChI=1S/C27H26ClF3N4O3.C2H6/c1-15(2)24(33-26(37)27(3,30)31)25(16-5-8-20(28)21(29)12-16)38-19-7-9-22-17(11-19)13-32-35(22)18-6-10-23(36)34(4)14-18;1-2/h5-15,24-25H,1-4H3,(H,33,37);1-2H3/t24?,25-;/m1./s1. The van der Waals surface area contributed by atoms with Crippen molar-refractivity contribution in [1.82, 2.24) is 19.7 Å². The van der Waals surface area contributed by atoms with Crippen LogP contribution < -0.4 is 15.6 Å². The summed E-state index contributed by atoms with van der Waals surface area (Å²) in [6, 6.07) is 11.3. The normalized spacial score (nSPS) is 13.0. The molecule has 2 heterocycles. The Morgan fingerprint density at radius 2 is 1.80 bits per heavy atom. The molecule has 2 atom stereocenters. The Balaban J connectivity index is 0.00000216. The summed E-state index contributed by atoms with van der Waals surface area (Å²) in [6.07, 6.45) is 2.25. The number of amides is 1. The average molecular weight is 577 g/mol. The molecule has 1 unspecified atom stereocenters. The van der Waals surface area contributed by atoms with E-state index < -0.39 is 29.8 Å². The number of rotatable bonds is 8. The van der Waals surface area contributed by atoms with Gasteiger partial charge in [0.25, 0.3) is 5.91 Å². The first-order chi connectivity index (χ1) is 18.8. The third-order valence-corrected chi connectivity index (χ3v) is 6.44. The van der Waals surface area contributed by atoms with E-state index >= 15 is 0 Å². The maximum atomic E-state index is 14.4. The number of nitrogens with zero attached hydrogens (tertiary/aromatic N) is 3. The van der Waals surface area contributed by atoms with Crippen LogP contribution in [0.4, 0.5) is 13.2 Å². The van der Waals surface area contributed by atoms with Crippen LogP contribution >= 0.6 is 11.6 Å². The molecule has 7 nitrogen and oxygen atoms in total. The van der Waals surface area contributed by atoms with E-state index in [1.165, 1.54) is 22.8 Å². The van der Waals surface area contributed by atoms with E-state index in [2.05, 4.69) is 10.4 Å². The Morgan fingerprint density at radius 1 is 1.10 bits per heavy atom. The zero-order valence-electron chi connectivity index (χ0n) is 23.1. The van der Waals surface area contributed by atoms with Gasteiger partial charge in [0.05, 0.1) is 28.5 Å². The van der Waals surface area contributed by atoms with E-state index in [-0.39, 0.29) is 16.5 Å². The van der Waals surface area contributed by atoms with Crippen LogP contribution in [-0.4, -0.2) is 32.2 Å². The third-order valence-electron chi connectivity index (χ3n) is 6.13. The number of fused-ring (bicyclic) bond motifs is 1. The molecule has 1 N–H and O–H groups in total. The fourth-order valence-corrected chi connectivity index (χ4v) is 4.17. The summed E-state index contributed by atoms with van der Waals surface area (Å²) in [5, 5.41) is 7.37. The van der Waals surface area contributed by atoms with Crippen molar-refractivity contribution in [2.24, 2.45) is 13.0 Å². The van der Waals surface area contributed by atoms with Crippen LogP contribution in [0.15, 0.2) is 65.7 Å². The predicted molar refractivity (Wildman–Crippen MR) is 150 cm³/mol. The molecular formula is C29H32ClF3N4O3. The molecule has 2 aromatic carbocycles. The summed E-state index contributed by atoms with van der Waals surface area (Å²) >= 11 is 5.86. The van der Waals surface area contributed by atoms with Gasteiger partial charge in [-0.15, -0.1) is 0 Å². The second-order valence-electron chi connectivity index (χ2n) is 9.46. The lowest BCUT2D eigenvalue weighted by Crippen LogP contribution is -2.49. The molecule has 40 heavy (non-hydrogen) atoms. The summed E-state index contributed by atoms with van der Waals surface area (Å²) in [5.74, 6) is -5.80. The number of alkyl halides is 2. The van der Waals surface area contributed by atoms with Crippen molar-refractivity contribution in [3.63, 3.8) is 0 Å². The molecule has 11 heteroatoms. The SMILES string of the molecule is CC.CC(C)C(NC(=O)C(C)(F)F)[C@H](Oc1ccc2c(cnn2-c2ccc(=O)n(C)c2)c1)c1ccc(Cl)c(F)c1. The number of hydrogen-bond donors (Lipinski definition) is 1. The lowest BCUT2D eigenvalue weighted by Gasteiger charge is -2.32. The van der Waals surface area contributed by atoms with Crippen LogP contribution in [0.1, 0.15) is 46.3 Å². The molecule has 0 saturated carbocycles. The molecule has 0 spiro atoms. The van der Waals surface area contributed by atoms with Gasteiger partial charge in [0.15, 0.2) is 0 Å². The van der Waals surface area contributed by atoms with E-state index in [9.17, 15) is 22.8 Å². The van der Waals surface area contributed by atoms with Gasteiger partial charge in [0, 0.05) is 31.6 Å². The number of pyridine rings is 1. The Kier molecular flexibility index (Phi) is 9.68. The topological polar surface area (TPSA) is 78.2 Å². The number of halogens is 4. The highest BCUT2D eigenvalue weighted by Crippen LogP contribution is 2.33. The first-order valence-electron chi connectivity index (χ1n) is 12.8. The number of ether oxygens (including phenoxy) is 1. The second-order valence-corrected chi connectivity index (χ2v) is 9.86. The third kappa shape index (κ3) is 6.85. The predicted octanol–water partition coefficient (Wildman–Crippen LogP) is 6.46. The molecule has 1 amide bonds. The van der Waals surface area contributed by atoms with Crippen LogP contribution in [0.5, 0.6) is 5.75 Å². The van der Waals surface area contributed by atoms with Crippen LogP contribution in [0.25, 0.3) is 16.6 Å². The fraction of sp³-hybridized carbons (Fsp3) is 0.345. The monoisotopic (exact) mass is 576 g/mol. The van der Waals surface area contributed by atoms with Crippen molar-refractivity contribution in [1.29, 1.82) is 0 Å². The summed E-state index contributed by atoms with van der Waals surface area (Å²) in [4.78, 5) is 24.0. The van der Waals surface area contributed by atoms with Gasteiger partial charge < -0.3 is 14.6 Å². The lowest BCUT2D eigenvalue weighted by atomic mass is 9.92. The summed E-state index contributed by atoms with van der Waals surface area (Å²) < 4.78 is 51.2. The van der Waals surface area contributed by atoms with Gasteiger partial charge in [-0.25, -0.2) is 9.07 Å². The molecule has 4 aromatic rings. The Labute approximate surface area is 235 Å². The molecular weight excluding hydrogens is 545 g/mol. The van der Waals surface area contributed by atoms with Crippen LogP contribution in [0.2, 0.25) is 5.02 Å². The minimum absolute atomic E-state index is 0.107. The molecule has 0 aliphatic rings. The van der Waals surface area contributed by atoms with E-state index in [4.69, 9.17) is 16.3 Å². The average Bonchev–Trinajstić information content (AvgIpc) is 3.33. The summed E-state index contributed by atoms with van der Waals surface area (Å²) in [5.41, 5.74) is 1.56. The van der Waals surface area contributed by atoms with Crippen LogP contribution in [-0.2, 0) is 11.8 Å². The van der Waals surface area contributed by atoms with E-state index in [1.807, 2.05) is 13.8 Å². The minimum Gasteiger partial charge on any atom is -0.484 e. The summed E-state index contributed by atoms with van der Waals surface area (Å²) in [6.45, 7) is 7.98. The Hall–Kier alpha value is -3.79. The first kappa shape index (κ1) is 30.7. The number of carbonyl (C=O) groups is 1. The van der Waals surface area contributed by atoms with E-state index in [1.54, 1.807) is 62.2 Å². The maximum absolute atomic E-state index is 14.4. The highest BCUT2D eigenvalue weighted by atomic mass is 35.5. The van der Waals surface area contributed by atoms with E-state index in [0.717, 1.165) is 11.6 Å². The lowest BCUT2D eigenvalue weighted by molar-refractivity contribution is -0.145. The molecule has 0 bridgehead atoms. The number of nitrogens with one attached hydrogen (secondary N) is 1. The largest absolute Gasteiger partial charge is 0.484 e. The van der Waals surface area contributed by atoms with Crippen molar-refractivity contribution in [3.8, 4) is 11.4 Å².